The second kappa shape index (κ2) is 4.15. The lowest BCUT2D eigenvalue weighted by atomic mass is 10.1. The van der Waals surface area contributed by atoms with Gasteiger partial charge in [0, 0.05) is 16.6 Å². The first kappa shape index (κ1) is 12.1. The molecule has 0 amide bonds. The Balaban J connectivity index is 2.38. The molecule has 1 aromatic rings. The van der Waals surface area contributed by atoms with Gasteiger partial charge in [0.15, 0.2) is 0 Å². The second-order valence-electron chi connectivity index (χ2n) is 3.81. The molecule has 1 aromatic carbocycles. The predicted octanol–water partition coefficient (Wildman–Crippen LogP) is 3.50. The summed E-state index contributed by atoms with van der Waals surface area (Å²) < 4.78 is 37.6. The lowest BCUT2D eigenvalue weighted by Crippen LogP contribution is -2.30. The molecule has 6 heteroatoms. The maximum Gasteiger partial charge on any atom is 0.416 e. The van der Waals surface area contributed by atoms with E-state index < -0.39 is 11.7 Å². The first-order chi connectivity index (χ1) is 7.91. The second-order valence-corrected chi connectivity index (χ2v) is 4.99. The van der Waals surface area contributed by atoms with Crippen LogP contribution in [-0.2, 0) is 6.18 Å². The summed E-state index contributed by atoms with van der Waals surface area (Å²) in [5, 5.41) is 11.5. The van der Waals surface area contributed by atoms with Crippen LogP contribution >= 0.6 is 11.8 Å². The summed E-state index contributed by atoms with van der Waals surface area (Å²) in [5.74, 6) is 0. The van der Waals surface area contributed by atoms with Gasteiger partial charge < -0.3 is 5.32 Å². The first-order valence-corrected chi connectivity index (χ1v) is 5.84. The van der Waals surface area contributed by atoms with Crippen LogP contribution in [0.4, 0.5) is 18.9 Å². The minimum Gasteiger partial charge on any atom is -0.379 e. The van der Waals surface area contributed by atoms with E-state index in [9.17, 15) is 13.2 Å². The Labute approximate surface area is 101 Å². The Morgan fingerprint density at radius 3 is 2.71 bits per heavy atom. The van der Waals surface area contributed by atoms with Gasteiger partial charge in [0.1, 0.15) is 5.25 Å². The number of hydrogen-bond donors (Lipinski definition) is 1. The van der Waals surface area contributed by atoms with E-state index in [0.29, 0.717) is 10.6 Å². The number of nitriles is 1. The summed E-state index contributed by atoms with van der Waals surface area (Å²) in [6.45, 7) is 1.83. The van der Waals surface area contributed by atoms with Gasteiger partial charge in [0.05, 0.1) is 11.6 Å². The van der Waals surface area contributed by atoms with Gasteiger partial charge in [-0.25, -0.2) is 0 Å². The van der Waals surface area contributed by atoms with Crippen molar-refractivity contribution in [3.05, 3.63) is 23.8 Å². The summed E-state index contributed by atoms with van der Waals surface area (Å²) in [5.41, 5.74) is -0.0289. The number of nitrogens with one attached hydrogen (secondary N) is 1. The molecule has 0 aliphatic carbocycles. The van der Waals surface area contributed by atoms with Gasteiger partial charge in [0.2, 0.25) is 0 Å². The maximum atomic E-state index is 12.5. The van der Waals surface area contributed by atoms with E-state index in [1.807, 2.05) is 6.92 Å². The van der Waals surface area contributed by atoms with Crippen molar-refractivity contribution >= 4 is 17.4 Å². The van der Waals surface area contributed by atoms with Crippen LogP contribution in [0.25, 0.3) is 0 Å². The van der Waals surface area contributed by atoms with Gasteiger partial charge in [-0.05, 0) is 25.1 Å². The Hall–Kier alpha value is -1.35. The predicted molar refractivity (Wildman–Crippen MR) is 59.8 cm³/mol. The van der Waals surface area contributed by atoms with E-state index in [1.165, 1.54) is 17.8 Å². The van der Waals surface area contributed by atoms with E-state index in [0.717, 1.165) is 12.1 Å². The van der Waals surface area contributed by atoms with Gasteiger partial charge in [-0.2, -0.15) is 18.4 Å². The zero-order valence-corrected chi connectivity index (χ0v) is 9.69. The van der Waals surface area contributed by atoms with Gasteiger partial charge in [-0.15, -0.1) is 11.8 Å². The SMILES string of the molecule is CC1Nc2ccc(C(F)(F)F)cc2SC1C#N. The molecule has 0 radical (unpaired) electrons. The third-order valence-electron chi connectivity index (χ3n) is 2.53. The van der Waals surface area contributed by atoms with Crippen LogP contribution in [0.15, 0.2) is 23.1 Å². The van der Waals surface area contributed by atoms with Crippen LogP contribution in [0, 0.1) is 11.3 Å². The highest BCUT2D eigenvalue weighted by atomic mass is 32.2. The first-order valence-electron chi connectivity index (χ1n) is 4.96. The summed E-state index contributed by atoms with van der Waals surface area (Å²) >= 11 is 1.17. The molecule has 0 saturated carbocycles. The molecule has 0 saturated heterocycles. The Bertz CT molecular complexity index is 479. The van der Waals surface area contributed by atoms with E-state index in [2.05, 4.69) is 11.4 Å². The van der Waals surface area contributed by atoms with Crippen LogP contribution < -0.4 is 5.32 Å². The van der Waals surface area contributed by atoms with Crippen LogP contribution in [-0.4, -0.2) is 11.3 Å². The van der Waals surface area contributed by atoms with E-state index in [1.54, 1.807) is 0 Å². The average Bonchev–Trinajstić information content (AvgIpc) is 2.26. The smallest absolute Gasteiger partial charge is 0.379 e. The van der Waals surface area contributed by atoms with Crippen molar-refractivity contribution in [2.45, 2.75) is 29.3 Å². The van der Waals surface area contributed by atoms with Gasteiger partial charge >= 0.3 is 6.18 Å². The van der Waals surface area contributed by atoms with Crippen molar-refractivity contribution in [3.8, 4) is 6.07 Å². The molecule has 2 atom stereocenters. The average molecular weight is 258 g/mol. The molecule has 2 unspecified atom stereocenters. The fourth-order valence-electron chi connectivity index (χ4n) is 1.61. The van der Waals surface area contributed by atoms with E-state index in [4.69, 9.17) is 5.26 Å². The Morgan fingerprint density at radius 1 is 1.41 bits per heavy atom. The highest BCUT2D eigenvalue weighted by molar-refractivity contribution is 8.00. The minimum absolute atomic E-state index is 0.0748. The summed E-state index contributed by atoms with van der Waals surface area (Å²) in [7, 11) is 0. The van der Waals surface area contributed by atoms with Crippen LogP contribution in [0.3, 0.4) is 0 Å². The largest absolute Gasteiger partial charge is 0.416 e. The van der Waals surface area contributed by atoms with Crippen molar-refractivity contribution < 1.29 is 13.2 Å². The number of halogens is 3. The molecule has 1 heterocycles. The molecule has 0 bridgehead atoms. The lowest BCUT2D eigenvalue weighted by molar-refractivity contribution is -0.137. The Kier molecular flexibility index (Phi) is 2.96. The molecule has 1 aliphatic rings. The monoisotopic (exact) mass is 258 g/mol. The molecule has 2 rings (SSSR count). The standard InChI is InChI=1S/C11H9F3N2S/c1-6-10(5-15)17-9-4-7(11(12,13)14)2-3-8(9)16-6/h2-4,6,10,16H,1H3. The van der Waals surface area contributed by atoms with Crippen molar-refractivity contribution in [1.82, 2.24) is 0 Å². The zero-order valence-electron chi connectivity index (χ0n) is 8.88. The van der Waals surface area contributed by atoms with Crippen LogP contribution in [0.1, 0.15) is 12.5 Å². The number of anilines is 1. The summed E-state index contributed by atoms with van der Waals surface area (Å²) in [6.07, 6.45) is -4.35. The number of alkyl halides is 3. The molecular weight excluding hydrogens is 249 g/mol. The fraction of sp³-hybridized carbons (Fsp3) is 0.364. The van der Waals surface area contributed by atoms with E-state index in [-0.39, 0.29) is 11.3 Å². The summed E-state index contributed by atoms with van der Waals surface area (Å²) in [4.78, 5) is 0.476. The van der Waals surface area contributed by atoms with Gasteiger partial charge in [-0.3, -0.25) is 0 Å². The quantitative estimate of drug-likeness (QED) is 0.773. The number of hydrogen-bond acceptors (Lipinski definition) is 3. The molecular formula is C11H9F3N2S. The fourth-order valence-corrected chi connectivity index (χ4v) is 2.66. The third-order valence-corrected chi connectivity index (χ3v) is 3.89. The highest BCUT2D eigenvalue weighted by Crippen LogP contribution is 2.41. The molecule has 1 aliphatic heterocycles. The van der Waals surface area contributed by atoms with Crippen molar-refractivity contribution in [2.24, 2.45) is 0 Å². The number of rotatable bonds is 0. The molecule has 17 heavy (non-hydrogen) atoms. The zero-order chi connectivity index (χ0) is 12.6. The maximum absolute atomic E-state index is 12.5. The van der Waals surface area contributed by atoms with Crippen molar-refractivity contribution in [3.63, 3.8) is 0 Å². The number of fused-ring (bicyclic) bond motifs is 1. The van der Waals surface area contributed by atoms with E-state index >= 15 is 0 Å². The topological polar surface area (TPSA) is 35.8 Å². The van der Waals surface area contributed by atoms with Crippen LogP contribution in [0.2, 0.25) is 0 Å². The van der Waals surface area contributed by atoms with Crippen molar-refractivity contribution in [1.29, 1.82) is 5.26 Å². The lowest BCUT2D eigenvalue weighted by Gasteiger charge is -2.28. The third kappa shape index (κ3) is 2.34. The summed E-state index contributed by atoms with van der Waals surface area (Å²) in [6, 6.07) is 5.54. The number of nitrogens with zero attached hydrogens (tertiary/aromatic N) is 1. The molecule has 2 nitrogen and oxygen atoms in total. The molecule has 0 aromatic heterocycles. The minimum atomic E-state index is -4.35. The molecule has 0 spiro atoms. The van der Waals surface area contributed by atoms with Gasteiger partial charge in [-0.1, -0.05) is 0 Å². The highest BCUT2D eigenvalue weighted by Gasteiger charge is 2.33. The number of benzene rings is 1. The molecule has 90 valence electrons. The van der Waals surface area contributed by atoms with Crippen LogP contribution in [0.5, 0.6) is 0 Å². The van der Waals surface area contributed by atoms with Crippen molar-refractivity contribution in [2.75, 3.05) is 5.32 Å². The normalized spacial score (nSPS) is 23.5. The Morgan fingerprint density at radius 2 is 2.12 bits per heavy atom. The number of thioether (sulfide) groups is 1. The molecule has 1 N–H and O–H groups in total. The van der Waals surface area contributed by atoms with Gasteiger partial charge in [0.25, 0.3) is 0 Å². The molecule has 0 fully saturated rings.